The van der Waals surface area contributed by atoms with E-state index in [4.69, 9.17) is 10.5 Å². The van der Waals surface area contributed by atoms with Gasteiger partial charge in [-0.1, -0.05) is 6.58 Å². The van der Waals surface area contributed by atoms with E-state index < -0.39 is 5.72 Å². The Kier molecular flexibility index (Phi) is 2.10. The Bertz CT molecular complexity index is 705. The molecule has 0 aromatic rings. The third-order valence-corrected chi connectivity index (χ3v) is 5.39. The van der Waals surface area contributed by atoms with Crippen LogP contribution in [0.1, 0.15) is 6.92 Å². The largest absolute Gasteiger partial charge is 0.395 e. The second-order valence-electron chi connectivity index (χ2n) is 6.09. The summed E-state index contributed by atoms with van der Waals surface area (Å²) in [5.74, 6) is -0.496. The Hall–Kier alpha value is -1.92. The second-order valence-corrected chi connectivity index (χ2v) is 6.09. The molecule has 1 aliphatic carbocycles. The molecule has 3 aliphatic heterocycles. The number of Topliss-reactive ketones (excluding diaryl/α,β-unsaturated/α-hetero) is 2. The number of hydrogen-bond acceptors (Lipinski definition) is 6. The molecule has 6 nitrogen and oxygen atoms in total. The van der Waals surface area contributed by atoms with Gasteiger partial charge in [-0.15, -0.1) is 0 Å². The fourth-order valence-electron chi connectivity index (χ4n) is 4.15. The molecular formula is C15H17N3O3. The van der Waals surface area contributed by atoms with Crippen LogP contribution in [-0.4, -0.2) is 59.9 Å². The number of piperazine rings is 1. The highest BCUT2D eigenvalue weighted by Gasteiger charge is 2.73. The van der Waals surface area contributed by atoms with Gasteiger partial charge in [0.1, 0.15) is 0 Å². The van der Waals surface area contributed by atoms with Gasteiger partial charge in [-0.05, 0) is 14.0 Å². The van der Waals surface area contributed by atoms with Crippen molar-refractivity contribution in [2.75, 3.05) is 20.7 Å². The van der Waals surface area contributed by atoms with Gasteiger partial charge >= 0.3 is 0 Å². The first kappa shape index (κ1) is 12.8. The number of ketones is 2. The zero-order valence-electron chi connectivity index (χ0n) is 12.3. The van der Waals surface area contributed by atoms with Crippen LogP contribution >= 0.6 is 0 Å². The number of ether oxygens (including phenoxy) is 1. The predicted octanol–water partition coefficient (Wildman–Crippen LogP) is -0.464. The van der Waals surface area contributed by atoms with Crippen LogP contribution in [-0.2, 0) is 14.3 Å². The SMILES string of the molecule is C=C1C2=C(C(=O)C(C)=C(N)C2=O)N2CC3C(N3C)[C@]12OC. The van der Waals surface area contributed by atoms with Crippen LogP contribution in [0.4, 0.5) is 0 Å². The van der Waals surface area contributed by atoms with Crippen molar-refractivity contribution in [3.63, 3.8) is 0 Å². The third kappa shape index (κ3) is 1.10. The fourth-order valence-corrected chi connectivity index (χ4v) is 4.15. The third-order valence-electron chi connectivity index (χ3n) is 5.39. The summed E-state index contributed by atoms with van der Waals surface area (Å²) in [4.78, 5) is 29.2. The molecule has 4 aliphatic rings. The Balaban J connectivity index is 1.91. The number of allylic oxidation sites excluding steroid dienone is 2. The number of carbonyl (C=O) groups excluding carboxylic acids is 2. The van der Waals surface area contributed by atoms with Crippen molar-refractivity contribution in [2.24, 2.45) is 5.73 Å². The van der Waals surface area contributed by atoms with Gasteiger partial charge < -0.3 is 15.4 Å². The summed E-state index contributed by atoms with van der Waals surface area (Å²) in [7, 11) is 3.61. The van der Waals surface area contributed by atoms with Crippen molar-refractivity contribution >= 4 is 11.6 Å². The van der Waals surface area contributed by atoms with Gasteiger partial charge in [0.15, 0.2) is 5.72 Å². The van der Waals surface area contributed by atoms with E-state index in [2.05, 4.69) is 11.5 Å². The number of hydrogen-bond donors (Lipinski definition) is 1. The topological polar surface area (TPSA) is 75.6 Å². The maximum absolute atomic E-state index is 12.6. The summed E-state index contributed by atoms with van der Waals surface area (Å²) < 4.78 is 5.80. The highest BCUT2D eigenvalue weighted by Crippen LogP contribution is 2.58. The highest BCUT2D eigenvalue weighted by atomic mass is 16.5. The second kappa shape index (κ2) is 3.45. The van der Waals surface area contributed by atoms with Gasteiger partial charge in [0.05, 0.1) is 23.0 Å². The molecule has 6 heteroatoms. The van der Waals surface area contributed by atoms with Crippen molar-refractivity contribution in [1.82, 2.24) is 9.80 Å². The first-order valence-electron chi connectivity index (χ1n) is 6.92. The summed E-state index contributed by atoms with van der Waals surface area (Å²) in [6.45, 7) is 6.34. The lowest BCUT2D eigenvalue weighted by molar-refractivity contribution is -0.119. The van der Waals surface area contributed by atoms with E-state index in [-0.39, 0.29) is 23.3 Å². The van der Waals surface area contributed by atoms with E-state index in [9.17, 15) is 9.59 Å². The fraction of sp³-hybridized carbons (Fsp3) is 0.467. The van der Waals surface area contributed by atoms with Crippen LogP contribution in [0, 0.1) is 0 Å². The number of carbonyl (C=O) groups is 2. The van der Waals surface area contributed by atoms with E-state index >= 15 is 0 Å². The molecule has 4 atom stereocenters. The average Bonchev–Trinajstić information content (AvgIpc) is 2.86. The van der Waals surface area contributed by atoms with E-state index in [1.165, 1.54) is 0 Å². The van der Waals surface area contributed by atoms with Gasteiger partial charge in [0.2, 0.25) is 11.6 Å². The van der Waals surface area contributed by atoms with Crippen LogP contribution in [0.15, 0.2) is 34.7 Å². The molecule has 0 amide bonds. The smallest absolute Gasteiger partial charge is 0.211 e. The molecule has 3 unspecified atom stereocenters. The van der Waals surface area contributed by atoms with E-state index in [0.717, 1.165) is 0 Å². The zero-order chi connectivity index (χ0) is 15.3. The Morgan fingerprint density at radius 1 is 1.38 bits per heavy atom. The molecule has 2 N–H and O–H groups in total. The minimum Gasteiger partial charge on any atom is -0.395 e. The summed E-state index contributed by atoms with van der Waals surface area (Å²) >= 11 is 0. The number of fused-ring (bicyclic) bond motifs is 4. The van der Waals surface area contributed by atoms with Gasteiger partial charge in [-0.3, -0.25) is 14.5 Å². The summed E-state index contributed by atoms with van der Waals surface area (Å²) in [5, 5.41) is 0. The van der Waals surface area contributed by atoms with Crippen molar-refractivity contribution in [3.05, 3.63) is 34.7 Å². The Labute approximate surface area is 122 Å². The predicted molar refractivity (Wildman–Crippen MR) is 74.9 cm³/mol. The average molecular weight is 287 g/mol. The molecule has 3 heterocycles. The van der Waals surface area contributed by atoms with Crippen LogP contribution in [0.5, 0.6) is 0 Å². The standard InChI is InChI=1S/C15H17N3O3/c1-6-10(16)13(20)9-7(2)15(21-4)14-8(17(14)3)5-18(15)11(9)12(6)19/h8,14H,2,5,16H2,1,3-4H3/t8?,14?,15-,17?/m1/s1. The van der Waals surface area contributed by atoms with Gasteiger partial charge in [0, 0.05) is 30.8 Å². The molecule has 0 radical (unpaired) electrons. The molecular weight excluding hydrogens is 270 g/mol. The molecule has 0 aromatic carbocycles. The quantitative estimate of drug-likeness (QED) is 0.519. The minimum absolute atomic E-state index is 0.0213. The van der Waals surface area contributed by atoms with Crippen molar-refractivity contribution in [2.45, 2.75) is 24.7 Å². The van der Waals surface area contributed by atoms with Gasteiger partial charge in [-0.25, -0.2) is 0 Å². The van der Waals surface area contributed by atoms with Gasteiger partial charge in [-0.2, -0.15) is 0 Å². The zero-order valence-corrected chi connectivity index (χ0v) is 12.3. The molecule has 0 aromatic heterocycles. The normalized spacial score (nSPS) is 40.8. The van der Waals surface area contributed by atoms with Crippen molar-refractivity contribution in [1.29, 1.82) is 0 Å². The van der Waals surface area contributed by atoms with Crippen molar-refractivity contribution in [3.8, 4) is 0 Å². The van der Waals surface area contributed by atoms with Crippen LogP contribution in [0.25, 0.3) is 0 Å². The van der Waals surface area contributed by atoms with E-state index in [0.29, 0.717) is 35.0 Å². The molecule has 0 saturated carbocycles. The minimum atomic E-state index is -0.805. The summed E-state index contributed by atoms with van der Waals surface area (Å²) in [6, 6.07) is 0.463. The maximum Gasteiger partial charge on any atom is 0.211 e. The number of nitrogens with two attached hydrogens (primary N) is 1. The maximum atomic E-state index is 12.6. The Morgan fingerprint density at radius 3 is 2.67 bits per heavy atom. The van der Waals surface area contributed by atoms with E-state index in [1.54, 1.807) is 14.0 Å². The molecule has 21 heavy (non-hydrogen) atoms. The Morgan fingerprint density at radius 2 is 2.05 bits per heavy atom. The lowest BCUT2D eigenvalue weighted by Crippen LogP contribution is -2.50. The first-order chi connectivity index (χ1) is 9.87. The summed E-state index contributed by atoms with van der Waals surface area (Å²) in [5.41, 5.74) is 6.64. The number of likely N-dealkylation sites (N-methyl/N-ethyl adjacent to an activating group) is 1. The molecule has 0 spiro atoms. The first-order valence-corrected chi connectivity index (χ1v) is 6.92. The summed E-state index contributed by atoms with van der Waals surface area (Å²) in [6.07, 6.45) is 0. The molecule has 4 rings (SSSR count). The van der Waals surface area contributed by atoms with E-state index in [1.807, 2.05) is 11.9 Å². The lowest BCUT2D eigenvalue weighted by atomic mass is 9.87. The number of nitrogens with zero attached hydrogens (tertiary/aromatic N) is 2. The van der Waals surface area contributed by atoms with Gasteiger partial charge in [0.25, 0.3) is 0 Å². The monoisotopic (exact) mass is 287 g/mol. The van der Waals surface area contributed by atoms with Crippen LogP contribution in [0.2, 0.25) is 0 Å². The number of rotatable bonds is 1. The molecule has 2 saturated heterocycles. The molecule has 0 bridgehead atoms. The van der Waals surface area contributed by atoms with Crippen LogP contribution in [0.3, 0.4) is 0 Å². The lowest BCUT2D eigenvalue weighted by Gasteiger charge is -2.37. The molecule has 2 fully saturated rings. The van der Waals surface area contributed by atoms with Crippen LogP contribution < -0.4 is 5.73 Å². The molecule has 110 valence electrons. The highest BCUT2D eigenvalue weighted by molar-refractivity contribution is 6.27. The van der Waals surface area contributed by atoms with Crippen molar-refractivity contribution < 1.29 is 14.3 Å². The number of methoxy groups -OCH3 is 1.